The molecule has 10 heteroatoms. The molecule has 0 saturated heterocycles. The molecular formula is C16H9Cl2F3N4S. The molecule has 0 amide bonds. The Balaban J connectivity index is 2.07. The summed E-state index contributed by atoms with van der Waals surface area (Å²) in [7, 11) is 0. The average molecular weight is 417 g/mol. The van der Waals surface area contributed by atoms with Crippen LogP contribution < -0.4 is 0 Å². The van der Waals surface area contributed by atoms with Gasteiger partial charge in [0.2, 0.25) is 4.77 Å². The molecule has 0 bridgehead atoms. The average Bonchev–Trinajstić information content (AvgIpc) is 2.93. The first kappa shape index (κ1) is 18.6. The number of hydrogen-bond acceptors (Lipinski definition) is 3. The van der Waals surface area contributed by atoms with Gasteiger partial charge < -0.3 is 0 Å². The normalized spacial score (nSPS) is 12.0. The number of rotatable bonds is 3. The Kier molecular flexibility index (Phi) is 5.17. The van der Waals surface area contributed by atoms with Gasteiger partial charge in [-0.05, 0) is 36.5 Å². The summed E-state index contributed by atoms with van der Waals surface area (Å²) in [6.07, 6.45) is -3.43. The Labute approximate surface area is 160 Å². The number of aromatic amines is 1. The summed E-state index contributed by atoms with van der Waals surface area (Å²) in [4.78, 5) is 0. The van der Waals surface area contributed by atoms with Crippen molar-refractivity contribution in [3.8, 4) is 11.4 Å². The predicted octanol–water partition coefficient (Wildman–Crippen LogP) is 5.82. The van der Waals surface area contributed by atoms with E-state index >= 15 is 0 Å². The van der Waals surface area contributed by atoms with E-state index in [1.807, 2.05) is 0 Å². The molecule has 26 heavy (non-hydrogen) atoms. The molecule has 4 nitrogen and oxygen atoms in total. The number of nitrogens with zero attached hydrogens (tertiary/aromatic N) is 3. The summed E-state index contributed by atoms with van der Waals surface area (Å²) in [5.74, 6) is 0.248. The van der Waals surface area contributed by atoms with E-state index in [0.29, 0.717) is 15.6 Å². The number of halogens is 5. The molecule has 0 spiro atoms. The molecule has 0 aliphatic rings. The molecule has 134 valence electrons. The maximum atomic E-state index is 13.1. The minimum absolute atomic E-state index is 0.101. The first-order valence-electron chi connectivity index (χ1n) is 7.11. The molecule has 0 aliphatic carbocycles. The molecular weight excluding hydrogens is 408 g/mol. The van der Waals surface area contributed by atoms with Crippen LogP contribution in [0.3, 0.4) is 0 Å². The predicted molar refractivity (Wildman–Crippen MR) is 97.3 cm³/mol. The molecule has 0 saturated carbocycles. The highest BCUT2D eigenvalue weighted by molar-refractivity contribution is 7.71. The van der Waals surface area contributed by atoms with Gasteiger partial charge in [0.1, 0.15) is 0 Å². The fourth-order valence-corrected chi connectivity index (χ4v) is 2.90. The van der Waals surface area contributed by atoms with Crippen molar-refractivity contribution in [1.29, 1.82) is 0 Å². The molecule has 0 fully saturated rings. The van der Waals surface area contributed by atoms with Gasteiger partial charge in [-0.1, -0.05) is 41.4 Å². The van der Waals surface area contributed by atoms with Crippen LogP contribution in [0.2, 0.25) is 10.0 Å². The molecule has 2 aromatic carbocycles. The molecule has 0 radical (unpaired) electrons. The monoisotopic (exact) mass is 416 g/mol. The third kappa shape index (κ3) is 3.82. The van der Waals surface area contributed by atoms with Crippen LogP contribution in [0.15, 0.2) is 47.6 Å². The molecule has 3 rings (SSSR count). The standard InChI is InChI=1S/C16H9Cl2F3N4S/c17-10-5-6-11(13(18)7-10)14-23-24-15(26)25(14)22-8-9-3-1-2-4-12(9)16(19,20)21/h1-8H,(H,24,26). The number of hydrogen-bond donors (Lipinski definition) is 1. The van der Waals surface area contributed by atoms with Crippen molar-refractivity contribution in [2.75, 3.05) is 0 Å². The summed E-state index contributed by atoms with van der Waals surface area (Å²) in [5, 5.41) is 11.4. The Hall–Kier alpha value is -2.16. The Morgan fingerprint density at radius 3 is 2.58 bits per heavy atom. The fourth-order valence-electron chi connectivity index (χ4n) is 2.23. The van der Waals surface area contributed by atoms with Gasteiger partial charge in [-0.2, -0.15) is 28.0 Å². The van der Waals surface area contributed by atoms with Crippen LogP contribution in [-0.2, 0) is 6.18 Å². The highest BCUT2D eigenvalue weighted by Crippen LogP contribution is 2.32. The maximum absolute atomic E-state index is 13.1. The van der Waals surface area contributed by atoms with E-state index in [1.54, 1.807) is 12.1 Å². The first-order chi connectivity index (χ1) is 12.3. The number of H-pyrrole nitrogens is 1. The SMILES string of the molecule is FC(F)(F)c1ccccc1C=Nn1c(-c2ccc(Cl)cc2Cl)n[nH]c1=S. The second kappa shape index (κ2) is 7.22. The fraction of sp³-hybridized carbons (Fsp3) is 0.0625. The zero-order valence-corrected chi connectivity index (χ0v) is 15.1. The van der Waals surface area contributed by atoms with Crippen molar-refractivity contribution in [3.05, 3.63) is 68.4 Å². The van der Waals surface area contributed by atoms with Crippen molar-refractivity contribution >= 4 is 41.6 Å². The first-order valence-corrected chi connectivity index (χ1v) is 8.27. The summed E-state index contributed by atoms with van der Waals surface area (Å²) < 4.78 is 40.6. The van der Waals surface area contributed by atoms with Gasteiger partial charge in [0.15, 0.2) is 5.82 Å². The van der Waals surface area contributed by atoms with E-state index < -0.39 is 11.7 Å². The second-order valence-electron chi connectivity index (χ2n) is 5.12. The van der Waals surface area contributed by atoms with Crippen molar-refractivity contribution < 1.29 is 13.2 Å². The lowest BCUT2D eigenvalue weighted by Crippen LogP contribution is -2.09. The zero-order valence-electron chi connectivity index (χ0n) is 12.8. The largest absolute Gasteiger partial charge is 0.417 e. The van der Waals surface area contributed by atoms with Gasteiger partial charge in [0, 0.05) is 16.1 Å². The van der Waals surface area contributed by atoms with Crippen molar-refractivity contribution in [1.82, 2.24) is 14.9 Å². The molecule has 0 unspecified atom stereocenters. The van der Waals surface area contributed by atoms with E-state index in [2.05, 4.69) is 15.3 Å². The van der Waals surface area contributed by atoms with Crippen molar-refractivity contribution in [3.63, 3.8) is 0 Å². The molecule has 1 N–H and O–H groups in total. The molecule has 1 aromatic heterocycles. The Morgan fingerprint density at radius 2 is 1.88 bits per heavy atom. The number of nitrogens with one attached hydrogen (secondary N) is 1. The Morgan fingerprint density at radius 1 is 1.15 bits per heavy atom. The summed E-state index contributed by atoms with van der Waals surface area (Å²) in [6.45, 7) is 0. The maximum Gasteiger partial charge on any atom is 0.417 e. The van der Waals surface area contributed by atoms with E-state index in [9.17, 15) is 13.2 Å². The van der Waals surface area contributed by atoms with Crippen LogP contribution in [0.4, 0.5) is 13.2 Å². The van der Waals surface area contributed by atoms with Crippen molar-refractivity contribution in [2.24, 2.45) is 5.10 Å². The van der Waals surface area contributed by atoms with Crippen LogP contribution in [0.5, 0.6) is 0 Å². The van der Waals surface area contributed by atoms with E-state index in [1.165, 1.54) is 28.9 Å². The summed E-state index contributed by atoms with van der Waals surface area (Å²) >= 11 is 17.1. The van der Waals surface area contributed by atoms with Gasteiger partial charge in [0.25, 0.3) is 0 Å². The lowest BCUT2D eigenvalue weighted by molar-refractivity contribution is -0.137. The zero-order chi connectivity index (χ0) is 18.9. The number of aromatic nitrogens is 3. The quantitative estimate of drug-likeness (QED) is 0.432. The van der Waals surface area contributed by atoms with Gasteiger partial charge in [-0.15, -0.1) is 0 Å². The second-order valence-corrected chi connectivity index (χ2v) is 6.35. The third-order valence-electron chi connectivity index (χ3n) is 3.40. The van der Waals surface area contributed by atoms with E-state index in [0.717, 1.165) is 12.3 Å². The van der Waals surface area contributed by atoms with Crippen LogP contribution in [0.25, 0.3) is 11.4 Å². The van der Waals surface area contributed by atoms with Gasteiger partial charge in [-0.25, -0.2) is 5.10 Å². The number of benzene rings is 2. The lowest BCUT2D eigenvalue weighted by Gasteiger charge is -2.09. The van der Waals surface area contributed by atoms with E-state index in [-0.39, 0.29) is 16.2 Å². The molecule has 0 atom stereocenters. The topological polar surface area (TPSA) is 46.0 Å². The highest BCUT2D eigenvalue weighted by Gasteiger charge is 2.32. The highest BCUT2D eigenvalue weighted by atomic mass is 35.5. The smallest absolute Gasteiger partial charge is 0.250 e. The van der Waals surface area contributed by atoms with Crippen LogP contribution in [-0.4, -0.2) is 21.1 Å². The minimum Gasteiger partial charge on any atom is -0.250 e. The minimum atomic E-state index is -4.50. The lowest BCUT2D eigenvalue weighted by atomic mass is 10.1. The van der Waals surface area contributed by atoms with E-state index in [4.69, 9.17) is 35.4 Å². The van der Waals surface area contributed by atoms with Crippen LogP contribution >= 0.6 is 35.4 Å². The molecule has 3 aromatic rings. The van der Waals surface area contributed by atoms with Crippen LogP contribution in [0.1, 0.15) is 11.1 Å². The van der Waals surface area contributed by atoms with Gasteiger partial charge in [-0.3, -0.25) is 0 Å². The Bertz CT molecular complexity index is 1040. The summed E-state index contributed by atoms with van der Waals surface area (Å²) in [5.41, 5.74) is -0.425. The van der Waals surface area contributed by atoms with Crippen molar-refractivity contribution in [2.45, 2.75) is 6.18 Å². The van der Waals surface area contributed by atoms with Crippen LogP contribution in [0, 0.1) is 4.77 Å². The third-order valence-corrected chi connectivity index (χ3v) is 4.21. The van der Waals surface area contributed by atoms with Gasteiger partial charge >= 0.3 is 6.18 Å². The molecule has 0 aliphatic heterocycles. The van der Waals surface area contributed by atoms with Gasteiger partial charge in [0.05, 0.1) is 16.8 Å². The summed E-state index contributed by atoms with van der Waals surface area (Å²) in [6, 6.07) is 9.82. The molecule has 1 heterocycles. The number of alkyl halides is 3.